The van der Waals surface area contributed by atoms with Gasteiger partial charge in [0.1, 0.15) is 17.1 Å². The number of aryl methyl sites for hydroxylation is 2. The summed E-state index contributed by atoms with van der Waals surface area (Å²) in [5.41, 5.74) is 8.96. The molecule has 43 heavy (non-hydrogen) atoms. The van der Waals surface area contributed by atoms with Crippen LogP contribution >= 0.6 is 0 Å². The van der Waals surface area contributed by atoms with E-state index in [-0.39, 0.29) is 38.3 Å². The van der Waals surface area contributed by atoms with E-state index in [1.807, 2.05) is 18.2 Å². The third kappa shape index (κ3) is 8.80. The zero-order chi connectivity index (χ0) is 30.6. The molecule has 0 saturated carbocycles. The maximum absolute atomic E-state index is 12.3. The Labute approximate surface area is 250 Å². The van der Waals surface area contributed by atoms with Crippen molar-refractivity contribution in [2.75, 3.05) is 32.2 Å². The summed E-state index contributed by atoms with van der Waals surface area (Å²) in [5, 5.41) is 1.57. The van der Waals surface area contributed by atoms with Crippen LogP contribution < -0.4 is 5.73 Å². The topological polar surface area (TPSA) is 156 Å². The number of ketones is 1. The van der Waals surface area contributed by atoms with Crippen molar-refractivity contribution >= 4 is 51.3 Å². The summed E-state index contributed by atoms with van der Waals surface area (Å²) in [5.74, 6) is -0.0788. The first-order valence-corrected chi connectivity index (χ1v) is 15.2. The molecule has 4 rings (SSSR count). The number of carbonyl (C=O) groups excluding carboxylic acids is 4. The average molecular weight is 596 g/mol. The fourth-order valence-corrected chi connectivity index (χ4v) is 5.03. The van der Waals surface area contributed by atoms with Crippen LogP contribution in [0.2, 0.25) is 0 Å². The lowest BCUT2D eigenvalue weighted by Gasteiger charge is -2.12. The van der Waals surface area contributed by atoms with Gasteiger partial charge in [-0.25, -0.2) is 14.8 Å². The number of para-hydroxylation sites is 1. The summed E-state index contributed by atoms with van der Waals surface area (Å²) < 4.78 is 13.1. The van der Waals surface area contributed by atoms with Crippen LogP contribution in [-0.2, 0) is 46.5 Å². The van der Waals surface area contributed by atoms with Gasteiger partial charge in [0.15, 0.2) is 5.82 Å². The Hall–Kier alpha value is -3.90. The predicted molar refractivity (Wildman–Crippen MR) is 160 cm³/mol. The van der Waals surface area contributed by atoms with Crippen molar-refractivity contribution in [3.63, 3.8) is 0 Å². The normalized spacial score (nSPS) is 13.5. The molecule has 1 saturated heterocycles. The third-order valence-electron chi connectivity index (χ3n) is 7.33. The van der Waals surface area contributed by atoms with Crippen LogP contribution in [0, 0.1) is 0 Å². The van der Waals surface area contributed by atoms with Crippen molar-refractivity contribution in [1.29, 1.82) is 0 Å². The largest absolute Gasteiger partial charge is 0.382 e. The number of amides is 2. The molecule has 1 aromatic carbocycles. The van der Waals surface area contributed by atoms with Gasteiger partial charge in [-0.3, -0.25) is 14.4 Å². The van der Waals surface area contributed by atoms with E-state index in [1.54, 1.807) is 0 Å². The number of anilines is 1. The molecule has 1 aliphatic heterocycles. The van der Waals surface area contributed by atoms with Crippen LogP contribution in [0.1, 0.15) is 77.0 Å². The molecule has 0 atom stereocenters. The zero-order valence-corrected chi connectivity index (χ0v) is 24.8. The smallest absolute Gasteiger partial charge is 0.335 e. The zero-order valence-electron chi connectivity index (χ0n) is 24.8. The number of hydroxylamine groups is 2. The molecule has 232 valence electrons. The van der Waals surface area contributed by atoms with Gasteiger partial charge in [0.2, 0.25) is 0 Å². The molecule has 2 amide bonds. The van der Waals surface area contributed by atoms with Crippen molar-refractivity contribution in [1.82, 2.24) is 19.6 Å². The predicted octanol–water partition coefficient (Wildman–Crippen LogP) is 4.06. The van der Waals surface area contributed by atoms with Crippen LogP contribution in [0.3, 0.4) is 0 Å². The number of imidazole rings is 1. The van der Waals surface area contributed by atoms with Gasteiger partial charge in [0.25, 0.3) is 11.8 Å². The van der Waals surface area contributed by atoms with Gasteiger partial charge in [-0.2, -0.15) is 0 Å². The highest BCUT2D eigenvalue weighted by atomic mass is 16.7. The first kappa shape index (κ1) is 32.0. The number of unbranched alkanes of at least 4 members (excludes halogenated alkanes) is 3. The number of carbonyl (C=O) groups is 4. The van der Waals surface area contributed by atoms with Gasteiger partial charge < -0.3 is 24.6 Å². The van der Waals surface area contributed by atoms with Crippen molar-refractivity contribution in [2.24, 2.45) is 0 Å². The highest BCUT2D eigenvalue weighted by molar-refractivity contribution is 6.06. The number of nitrogens with zero attached hydrogens (tertiary/aromatic N) is 4. The number of hydrogen-bond donors (Lipinski definition) is 1. The maximum Gasteiger partial charge on any atom is 0.335 e. The van der Waals surface area contributed by atoms with Gasteiger partial charge in [0.05, 0.1) is 43.9 Å². The van der Waals surface area contributed by atoms with Crippen molar-refractivity contribution in [3.8, 4) is 0 Å². The van der Waals surface area contributed by atoms with Gasteiger partial charge in [-0.1, -0.05) is 38.0 Å². The van der Waals surface area contributed by atoms with Crippen LogP contribution in [-0.4, -0.2) is 69.6 Å². The molecule has 3 heterocycles. The third-order valence-corrected chi connectivity index (χ3v) is 7.33. The minimum absolute atomic E-state index is 0.0542. The summed E-state index contributed by atoms with van der Waals surface area (Å²) in [4.78, 5) is 61.1. The lowest BCUT2D eigenvalue weighted by Crippen LogP contribution is -2.32. The van der Waals surface area contributed by atoms with Crippen LogP contribution in [0.25, 0.3) is 21.9 Å². The maximum atomic E-state index is 12.3. The molecule has 2 aromatic heterocycles. The number of rotatable bonds is 19. The van der Waals surface area contributed by atoms with E-state index in [4.69, 9.17) is 25.0 Å². The highest BCUT2D eigenvalue weighted by Gasteiger charge is 2.32. The first-order valence-electron chi connectivity index (χ1n) is 15.2. The van der Waals surface area contributed by atoms with E-state index >= 15 is 0 Å². The van der Waals surface area contributed by atoms with E-state index in [0.29, 0.717) is 36.9 Å². The van der Waals surface area contributed by atoms with E-state index in [1.165, 1.54) is 0 Å². The lowest BCUT2D eigenvalue weighted by molar-refractivity contribution is -0.198. The minimum atomic E-state index is -0.707. The number of pyridine rings is 1. The van der Waals surface area contributed by atoms with Gasteiger partial charge in [-0.15, -0.1) is 5.06 Å². The quantitative estimate of drug-likeness (QED) is 0.158. The Morgan fingerprint density at radius 3 is 2.35 bits per heavy atom. The monoisotopic (exact) mass is 595 g/mol. The van der Waals surface area contributed by atoms with Crippen LogP contribution in [0.5, 0.6) is 0 Å². The molecular formula is C31H41N5O7. The number of Topliss-reactive ketones (excluding diaryl/α,β-unsaturated/α-hetero) is 1. The number of aromatic nitrogens is 3. The Morgan fingerprint density at radius 1 is 0.884 bits per heavy atom. The SMILES string of the molecule is CCCCc1nc2c(N)nc3ccccc3c2n1CCCCCC(=O)CCOCCOCCC(=O)ON1C(=O)CCC1=O. The number of ether oxygens (including phenoxy) is 2. The molecule has 1 fully saturated rings. The number of nitrogen functional groups attached to an aromatic ring is 1. The molecule has 0 aliphatic carbocycles. The fraction of sp³-hybridized carbons (Fsp3) is 0.548. The molecular weight excluding hydrogens is 554 g/mol. The van der Waals surface area contributed by atoms with E-state index in [9.17, 15) is 19.2 Å². The molecule has 3 aromatic rings. The standard InChI is InChI=1S/C31H41N5O7/c1-2-3-12-25-34-29-30(23-10-6-7-11-24(23)33-31(29)32)35(25)17-8-4-5-9-22(37)15-18-41-20-21-42-19-16-28(40)43-36-26(38)13-14-27(36)39/h6-7,10-11H,2-5,8-9,12-21H2,1H3,(H2,32,33). The minimum Gasteiger partial charge on any atom is -0.382 e. The summed E-state index contributed by atoms with van der Waals surface area (Å²) in [6, 6.07) is 8.01. The number of fused-ring (bicyclic) bond motifs is 3. The Morgan fingerprint density at radius 2 is 1.60 bits per heavy atom. The lowest BCUT2D eigenvalue weighted by atomic mass is 10.1. The Kier molecular flexibility index (Phi) is 12.0. The molecule has 0 spiro atoms. The van der Waals surface area contributed by atoms with Gasteiger partial charge >= 0.3 is 5.97 Å². The summed E-state index contributed by atoms with van der Waals surface area (Å²) in [6.07, 6.45) is 6.57. The molecule has 12 nitrogen and oxygen atoms in total. The second kappa shape index (κ2) is 16.1. The molecule has 0 unspecified atom stereocenters. The van der Waals surface area contributed by atoms with Crippen LogP contribution in [0.4, 0.5) is 5.82 Å². The van der Waals surface area contributed by atoms with E-state index in [2.05, 4.69) is 22.5 Å². The number of imide groups is 1. The van der Waals surface area contributed by atoms with Crippen molar-refractivity contribution in [2.45, 2.75) is 84.1 Å². The Balaban J connectivity index is 1.10. The first-order chi connectivity index (χ1) is 20.9. The molecule has 2 N–H and O–H groups in total. The second-order valence-electron chi connectivity index (χ2n) is 10.6. The van der Waals surface area contributed by atoms with Crippen molar-refractivity contribution in [3.05, 3.63) is 30.1 Å². The summed E-state index contributed by atoms with van der Waals surface area (Å²) in [7, 11) is 0. The van der Waals surface area contributed by atoms with Crippen molar-refractivity contribution < 1.29 is 33.5 Å². The molecule has 0 radical (unpaired) electrons. The number of benzene rings is 1. The fourth-order valence-electron chi connectivity index (χ4n) is 5.03. The van der Waals surface area contributed by atoms with Gasteiger partial charge in [0, 0.05) is 44.0 Å². The highest BCUT2D eigenvalue weighted by Crippen LogP contribution is 2.29. The average Bonchev–Trinajstić information content (AvgIpc) is 3.52. The number of hydrogen-bond acceptors (Lipinski definition) is 10. The molecule has 1 aliphatic rings. The molecule has 12 heteroatoms. The number of nitrogens with two attached hydrogens (primary N) is 1. The van der Waals surface area contributed by atoms with E-state index < -0.39 is 17.8 Å². The van der Waals surface area contributed by atoms with E-state index in [0.717, 1.165) is 72.8 Å². The molecule has 0 bridgehead atoms. The Bertz CT molecular complexity index is 1420. The second-order valence-corrected chi connectivity index (χ2v) is 10.6. The van der Waals surface area contributed by atoms with Gasteiger partial charge in [-0.05, 0) is 25.3 Å². The summed E-state index contributed by atoms with van der Waals surface area (Å²) in [6.45, 7) is 3.91. The van der Waals surface area contributed by atoms with Crippen LogP contribution in [0.15, 0.2) is 24.3 Å². The summed E-state index contributed by atoms with van der Waals surface area (Å²) >= 11 is 0.